The molecular formula is C17H24N4O2. The number of methoxy groups -OCH3 is 2. The Hall–Kier alpha value is -2.63. The van der Waals surface area contributed by atoms with Gasteiger partial charge < -0.3 is 24.7 Å². The third-order valence-electron chi connectivity index (χ3n) is 3.46. The average molecular weight is 316 g/mol. The maximum absolute atomic E-state index is 5.31. The molecule has 6 nitrogen and oxygen atoms in total. The van der Waals surface area contributed by atoms with E-state index in [1.807, 2.05) is 42.7 Å². The number of aromatic nitrogens is 1. The van der Waals surface area contributed by atoms with Gasteiger partial charge in [0.1, 0.15) is 0 Å². The SMILES string of the molecule is CN=C(NCCn1cccc1)NCc1ccc(OC)c(OC)c1. The molecule has 0 radical (unpaired) electrons. The van der Waals surface area contributed by atoms with Crippen molar-refractivity contribution < 1.29 is 9.47 Å². The van der Waals surface area contributed by atoms with Gasteiger partial charge in [-0.1, -0.05) is 6.07 Å². The van der Waals surface area contributed by atoms with Crippen LogP contribution in [0.15, 0.2) is 47.7 Å². The van der Waals surface area contributed by atoms with E-state index in [4.69, 9.17) is 9.47 Å². The Balaban J connectivity index is 1.83. The second-order valence-electron chi connectivity index (χ2n) is 4.96. The fourth-order valence-electron chi connectivity index (χ4n) is 2.22. The van der Waals surface area contributed by atoms with Crippen molar-refractivity contribution in [2.75, 3.05) is 27.8 Å². The van der Waals surface area contributed by atoms with Gasteiger partial charge in [-0.15, -0.1) is 0 Å². The predicted octanol–water partition coefficient (Wildman–Crippen LogP) is 1.87. The number of aliphatic imine (C=N–C) groups is 1. The number of nitrogens with zero attached hydrogens (tertiary/aromatic N) is 2. The summed E-state index contributed by atoms with van der Waals surface area (Å²) in [4.78, 5) is 4.23. The summed E-state index contributed by atoms with van der Waals surface area (Å²) >= 11 is 0. The Labute approximate surface area is 137 Å². The highest BCUT2D eigenvalue weighted by Crippen LogP contribution is 2.27. The molecule has 0 unspecified atom stereocenters. The first kappa shape index (κ1) is 16.7. The van der Waals surface area contributed by atoms with Crippen LogP contribution in [0.1, 0.15) is 5.56 Å². The first-order valence-corrected chi connectivity index (χ1v) is 7.53. The summed E-state index contributed by atoms with van der Waals surface area (Å²) in [6.45, 7) is 2.36. The number of ether oxygens (including phenoxy) is 2. The van der Waals surface area contributed by atoms with Crippen LogP contribution >= 0.6 is 0 Å². The molecule has 0 saturated carbocycles. The third-order valence-corrected chi connectivity index (χ3v) is 3.46. The van der Waals surface area contributed by atoms with Crippen LogP contribution in [-0.4, -0.2) is 38.3 Å². The summed E-state index contributed by atoms with van der Waals surface area (Å²) in [5.41, 5.74) is 1.09. The minimum atomic E-state index is 0.656. The van der Waals surface area contributed by atoms with Crippen LogP contribution in [0, 0.1) is 0 Å². The molecule has 0 spiro atoms. The number of hydrogen-bond donors (Lipinski definition) is 2. The molecule has 0 fully saturated rings. The summed E-state index contributed by atoms with van der Waals surface area (Å²) in [7, 11) is 5.03. The highest BCUT2D eigenvalue weighted by atomic mass is 16.5. The van der Waals surface area contributed by atoms with Gasteiger partial charge in [0.25, 0.3) is 0 Å². The summed E-state index contributed by atoms with van der Waals surface area (Å²) in [5.74, 6) is 2.22. The fraction of sp³-hybridized carbons (Fsp3) is 0.353. The second kappa shape index (κ2) is 8.73. The van der Waals surface area contributed by atoms with E-state index < -0.39 is 0 Å². The van der Waals surface area contributed by atoms with E-state index in [2.05, 4.69) is 20.2 Å². The lowest BCUT2D eigenvalue weighted by Crippen LogP contribution is -2.38. The number of nitrogens with one attached hydrogen (secondary N) is 2. The molecule has 0 aliphatic rings. The number of rotatable bonds is 7. The first-order valence-electron chi connectivity index (χ1n) is 7.53. The van der Waals surface area contributed by atoms with Crippen molar-refractivity contribution in [2.45, 2.75) is 13.1 Å². The predicted molar refractivity (Wildman–Crippen MR) is 92.2 cm³/mol. The molecule has 0 aliphatic carbocycles. The third kappa shape index (κ3) is 4.95. The average Bonchev–Trinajstić information content (AvgIpc) is 3.11. The molecular weight excluding hydrogens is 292 g/mol. The van der Waals surface area contributed by atoms with E-state index in [1.54, 1.807) is 21.3 Å². The molecule has 0 aliphatic heterocycles. The standard InChI is InChI=1S/C17H24N4O2/c1-18-17(19-8-11-21-9-4-5-10-21)20-13-14-6-7-15(22-2)16(12-14)23-3/h4-7,9-10,12H,8,11,13H2,1-3H3,(H2,18,19,20). The van der Waals surface area contributed by atoms with Gasteiger partial charge in [-0.05, 0) is 29.8 Å². The van der Waals surface area contributed by atoms with Crippen LogP contribution in [0.2, 0.25) is 0 Å². The minimum absolute atomic E-state index is 0.656. The Morgan fingerprint density at radius 3 is 2.48 bits per heavy atom. The minimum Gasteiger partial charge on any atom is -0.493 e. The fourth-order valence-corrected chi connectivity index (χ4v) is 2.22. The zero-order valence-corrected chi connectivity index (χ0v) is 13.9. The molecule has 1 aromatic heterocycles. The molecule has 0 amide bonds. The quantitative estimate of drug-likeness (QED) is 0.605. The first-order chi connectivity index (χ1) is 11.3. The molecule has 2 rings (SSSR count). The van der Waals surface area contributed by atoms with Crippen molar-refractivity contribution in [3.63, 3.8) is 0 Å². The molecule has 2 aromatic rings. The van der Waals surface area contributed by atoms with E-state index >= 15 is 0 Å². The summed E-state index contributed by atoms with van der Waals surface area (Å²) in [6, 6.07) is 9.90. The van der Waals surface area contributed by atoms with E-state index in [-0.39, 0.29) is 0 Å². The van der Waals surface area contributed by atoms with E-state index in [0.717, 1.165) is 36.1 Å². The van der Waals surface area contributed by atoms with Crippen molar-refractivity contribution >= 4 is 5.96 Å². The highest BCUT2D eigenvalue weighted by Gasteiger charge is 2.05. The van der Waals surface area contributed by atoms with Crippen molar-refractivity contribution in [3.8, 4) is 11.5 Å². The van der Waals surface area contributed by atoms with Gasteiger partial charge in [0.2, 0.25) is 0 Å². The van der Waals surface area contributed by atoms with Gasteiger partial charge in [-0.3, -0.25) is 4.99 Å². The molecule has 6 heteroatoms. The summed E-state index contributed by atoms with van der Waals surface area (Å²) in [5, 5.41) is 6.58. The molecule has 2 N–H and O–H groups in total. The van der Waals surface area contributed by atoms with Gasteiger partial charge in [0.15, 0.2) is 17.5 Å². The Morgan fingerprint density at radius 1 is 1.09 bits per heavy atom. The van der Waals surface area contributed by atoms with Crippen molar-refractivity contribution in [2.24, 2.45) is 4.99 Å². The molecule has 0 atom stereocenters. The molecule has 0 saturated heterocycles. The van der Waals surface area contributed by atoms with Crippen LogP contribution in [-0.2, 0) is 13.1 Å². The van der Waals surface area contributed by atoms with Crippen LogP contribution < -0.4 is 20.1 Å². The normalized spacial score (nSPS) is 11.2. The van der Waals surface area contributed by atoms with Crippen LogP contribution in [0.25, 0.3) is 0 Å². The largest absolute Gasteiger partial charge is 0.493 e. The monoisotopic (exact) mass is 316 g/mol. The van der Waals surface area contributed by atoms with Gasteiger partial charge in [-0.25, -0.2) is 0 Å². The van der Waals surface area contributed by atoms with Gasteiger partial charge in [0, 0.05) is 39.1 Å². The number of hydrogen-bond acceptors (Lipinski definition) is 3. The molecule has 1 heterocycles. The van der Waals surface area contributed by atoms with E-state index in [1.165, 1.54) is 0 Å². The summed E-state index contributed by atoms with van der Waals surface area (Å²) < 4.78 is 12.7. The highest BCUT2D eigenvalue weighted by molar-refractivity contribution is 5.79. The molecule has 23 heavy (non-hydrogen) atoms. The Bertz CT molecular complexity index is 624. The lowest BCUT2D eigenvalue weighted by molar-refractivity contribution is 0.354. The van der Waals surface area contributed by atoms with E-state index in [9.17, 15) is 0 Å². The van der Waals surface area contributed by atoms with Crippen LogP contribution in [0.4, 0.5) is 0 Å². The van der Waals surface area contributed by atoms with E-state index in [0.29, 0.717) is 6.54 Å². The molecule has 1 aromatic carbocycles. The number of benzene rings is 1. The van der Waals surface area contributed by atoms with Crippen LogP contribution in [0.3, 0.4) is 0 Å². The van der Waals surface area contributed by atoms with Gasteiger partial charge in [0.05, 0.1) is 14.2 Å². The molecule has 0 bridgehead atoms. The topological polar surface area (TPSA) is 59.8 Å². The van der Waals surface area contributed by atoms with Gasteiger partial charge in [-0.2, -0.15) is 0 Å². The smallest absolute Gasteiger partial charge is 0.191 e. The summed E-state index contributed by atoms with van der Waals surface area (Å²) in [6.07, 6.45) is 4.09. The van der Waals surface area contributed by atoms with Crippen molar-refractivity contribution in [1.29, 1.82) is 0 Å². The maximum atomic E-state index is 5.31. The zero-order valence-electron chi connectivity index (χ0n) is 13.9. The lowest BCUT2D eigenvalue weighted by atomic mass is 10.2. The lowest BCUT2D eigenvalue weighted by Gasteiger charge is -2.13. The van der Waals surface area contributed by atoms with Crippen molar-refractivity contribution in [1.82, 2.24) is 15.2 Å². The van der Waals surface area contributed by atoms with Crippen LogP contribution in [0.5, 0.6) is 11.5 Å². The van der Waals surface area contributed by atoms with Gasteiger partial charge >= 0.3 is 0 Å². The Kier molecular flexibility index (Phi) is 6.35. The number of guanidine groups is 1. The molecule has 124 valence electrons. The second-order valence-corrected chi connectivity index (χ2v) is 4.96. The van der Waals surface area contributed by atoms with Crippen molar-refractivity contribution in [3.05, 3.63) is 48.3 Å². The maximum Gasteiger partial charge on any atom is 0.191 e. The Morgan fingerprint density at radius 2 is 1.83 bits per heavy atom. The zero-order chi connectivity index (χ0) is 16.5.